The molecule has 3 aromatic rings. The molecule has 0 saturated carbocycles. The standard InChI is InChI=1S/C14H13N5O2S2/c1-2-5-15-14-17-7-10(23-14)13(20)16-8-11-18-12(19-21-11)9-4-3-6-22-9/h2-4,6-7H,1,5,8H2,(H,15,17)(H,16,20). The second kappa shape index (κ2) is 7.16. The summed E-state index contributed by atoms with van der Waals surface area (Å²) in [6, 6.07) is 3.83. The number of nitrogens with one attached hydrogen (secondary N) is 2. The van der Waals surface area contributed by atoms with Crippen molar-refractivity contribution in [3.8, 4) is 10.7 Å². The maximum Gasteiger partial charge on any atom is 0.263 e. The normalized spacial score (nSPS) is 10.4. The van der Waals surface area contributed by atoms with Crippen LogP contribution >= 0.6 is 22.7 Å². The highest BCUT2D eigenvalue weighted by atomic mass is 32.1. The van der Waals surface area contributed by atoms with Crippen molar-refractivity contribution in [2.24, 2.45) is 0 Å². The van der Waals surface area contributed by atoms with E-state index in [0.717, 1.165) is 4.88 Å². The fraction of sp³-hybridized carbons (Fsp3) is 0.143. The zero-order valence-electron chi connectivity index (χ0n) is 12.0. The molecule has 0 aliphatic heterocycles. The number of nitrogens with zero attached hydrogens (tertiary/aromatic N) is 3. The molecule has 0 aliphatic rings. The van der Waals surface area contributed by atoms with Gasteiger partial charge in [-0.15, -0.1) is 17.9 Å². The number of carbonyl (C=O) groups is 1. The Balaban J connectivity index is 1.56. The second-order valence-electron chi connectivity index (χ2n) is 4.37. The lowest BCUT2D eigenvalue weighted by Crippen LogP contribution is -2.21. The van der Waals surface area contributed by atoms with Crippen LogP contribution < -0.4 is 10.6 Å². The van der Waals surface area contributed by atoms with Gasteiger partial charge in [-0.2, -0.15) is 4.98 Å². The number of rotatable bonds is 7. The van der Waals surface area contributed by atoms with Gasteiger partial charge in [0.1, 0.15) is 4.88 Å². The second-order valence-corrected chi connectivity index (χ2v) is 6.35. The molecule has 9 heteroatoms. The van der Waals surface area contributed by atoms with Crippen LogP contribution in [0.3, 0.4) is 0 Å². The fourth-order valence-electron chi connectivity index (χ4n) is 1.70. The summed E-state index contributed by atoms with van der Waals surface area (Å²) in [5, 5.41) is 12.3. The zero-order chi connectivity index (χ0) is 16.1. The Labute approximate surface area is 140 Å². The van der Waals surface area contributed by atoms with Gasteiger partial charge in [-0.1, -0.05) is 28.6 Å². The van der Waals surface area contributed by atoms with Crippen molar-refractivity contribution in [3.05, 3.63) is 47.1 Å². The van der Waals surface area contributed by atoms with Crippen molar-refractivity contribution in [2.45, 2.75) is 6.54 Å². The van der Waals surface area contributed by atoms with Crippen molar-refractivity contribution >= 4 is 33.7 Å². The molecule has 3 rings (SSSR count). The van der Waals surface area contributed by atoms with Crippen LogP contribution in [0.25, 0.3) is 10.7 Å². The highest BCUT2D eigenvalue weighted by Crippen LogP contribution is 2.21. The van der Waals surface area contributed by atoms with E-state index in [1.165, 1.54) is 28.9 Å². The minimum Gasteiger partial charge on any atom is -0.358 e. The van der Waals surface area contributed by atoms with Gasteiger partial charge in [-0.25, -0.2) is 4.98 Å². The van der Waals surface area contributed by atoms with E-state index in [-0.39, 0.29) is 12.5 Å². The van der Waals surface area contributed by atoms with Crippen LogP contribution in [-0.2, 0) is 6.54 Å². The predicted molar refractivity (Wildman–Crippen MR) is 89.6 cm³/mol. The molecule has 23 heavy (non-hydrogen) atoms. The van der Waals surface area contributed by atoms with Crippen molar-refractivity contribution in [3.63, 3.8) is 0 Å². The van der Waals surface area contributed by atoms with Gasteiger partial charge in [-0.05, 0) is 11.4 Å². The van der Waals surface area contributed by atoms with Crippen molar-refractivity contribution in [1.82, 2.24) is 20.4 Å². The molecule has 0 radical (unpaired) electrons. The van der Waals surface area contributed by atoms with Gasteiger partial charge in [0.15, 0.2) is 5.13 Å². The van der Waals surface area contributed by atoms with Crippen LogP contribution in [-0.4, -0.2) is 27.6 Å². The first kappa shape index (κ1) is 15.4. The van der Waals surface area contributed by atoms with Crippen molar-refractivity contribution in [1.29, 1.82) is 0 Å². The number of aromatic nitrogens is 3. The van der Waals surface area contributed by atoms with Gasteiger partial charge in [0.2, 0.25) is 11.7 Å². The molecule has 118 valence electrons. The first-order chi connectivity index (χ1) is 11.3. The van der Waals surface area contributed by atoms with E-state index < -0.39 is 0 Å². The number of hydrogen-bond donors (Lipinski definition) is 2. The van der Waals surface area contributed by atoms with Crippen LogP contribution in [0.15, 0.2) is 40.9 Å². The summed E-state index contributed by atoms with van der Waals surface area (Å²) >= 11 is 2.80. The summed E-state index contributed by atoms with van der Waals surface area (Å²) < 4.78 is 5.13. The Morgan fingerprint density at radius 3 is 3.17 bits per heavy atom. The molecule has 7 nitrogen and oxygen atoms in total. The number of carbonyl (C=O) groups excluding carboxylic acids is 1. The number of anilines is 1. The van der Waals surface area contributed by atoms with E-state index in [2.05, 4.69) is 32.3 Å². The molecule has 3 heterocycles. The predicted octanol–water partition coefficient (Wildman–Crippen LogP) is 2.78. The van der Waals surface area contributed by atoms with Crippen molar-refractivity contribution < 1.29 is 9.32 Å². The van der Waals surface area contributed by atoms with E-state index >= 15 is 0 Å². The van der Waals surface area contributed by atoms with E-state index in [9.17, 15) is 4.79 Å². The first-order valence-corrected chi connectivity index (χ1v) is 8.41. The maximum absolute atomic E-state index is 12.1. The summed E-state index contributed by atoms with van der Waals surface area (Å²) in [6.07, 6.45) is 3.25. The Morgan fingerprint density at radius 2 is 2.39 bits per heavy atom. The summed E-state index contributed by atoms with van der Waals surface area (Å²) in [4.78, 5) is 21.9. The molecule has 0 atom stereocenters. The molecule has 2 N–H and O–H groups in total. The third-order valence-corrected chi connectivity index (χ3v) is 4.56. The van der Waals surface area contributed by atoms with E-state index in [4.69, 9.17) is 4.52 Å². The highest BCUT2D eigenvalue weighted by molar-refractivity contribution is 7.17. The minimum atomic E-state index is -0.231. The molecule has 0 aromatic carbocycles. The topological polar surface area (TPSA) is 92.9 Å². The number of amides is 1. The highest BCUT2D eigenvalue weighted by Gasteiger charge is 2.13. The number of thiophene rings is 1. The van der Waals surface area contributed by atoms with E-state index in [0.29, 0.717) is 28.3 Å². The smallest absolute Gasteiger partial charge is 0.263 e. The van der Waals surface area contributed by atoms with Gasteiger partial charge in [0.25, 0.3) is 5.91 Å². The van der Waals surface area contributed by atoms with Crippen LogP contribution in [0.2, 0.25) is 0 Å². The minimum absolute atomic E-state index is 0.171. The van der Waals surface area contributed by atoms with Gasteiger partial charge in [-0.3, -0.25) is 4.79 Å². The third-order valence-electron chi connectivity index (χ3n) is 2.74. The summed E-state index contributed by atoms with van der Waals surface area (Å²) in [5.74, 6) is 0.652. The molecule has 0 aliphatic carbocycles. The van der Waals surface area contributed by atoms with Crippen LogP contribution in [0.5, 0.6) is 0 Å². The quantitative estimate of drug-likeness (QED) is 0.639. The molecule has 3 aromatic heterocycles. The lowest BCUT2D eigenvalue weighted by molar-refractivity contribution is 0.0950. The molecule has 0 spiro atoms. The van der Waals surface area contributed by atoms with Crippen LogP contribution in [0.4, 0.5) is 5.13 Å². The van der Waals surface area contributed by atoms with Gasteiger partial charge in [0, 0.05) is 6.54 Å². The SMILES string of the molecule is C=CCNc1ncc(C(=O)NCc2nc(-c3cccs3)no2)s1. The van der Waals surface area contributed by atoms with Crippen molar-refractivity contribution in [2.75, 3.05) is 11.9 Å². The maximum atomic E-state index is 12.1. The molecule has 0 saturated heterocycles. The summed E-state index contributed by atoms with van der Waals surface area (Å²) in [5.41, 5.74) is 0. The Kier molecular flexibility index (Phi) is 4.79. The lowest BCUT2D eigenvalue weighted by Gasteiger charge is -1.98. The Hall–Kier alpha value is -2.52. The molecular formula is C14H13N5O2S2. The molecule has 0 fully saturated rings. The average molecular weight is 347 g/mol. The molecular weight excluding hydrogens is 334 g/mol. The van der Waals surface area contributed by atoms with Crippen LogP contribution in [0, 0.1) is 0 Å². The first-order valence-electron chi connectivity index (χ1n) is 6.71. The molecule has 0 bridgehead atoms. The van der Waals surface area contributed by atoms with E-state index in [1.807, 2.05) is 17.5 Å². The Bertz CT molecular complexity index is 794. The van der Waals surface area contributed by atoms with E-state index in [1.54, 1.807) is 6.08 Å². The zero-order valence-corrected chi connectivity index (χ0v) is 13.6. The largest absolute Gasteiger partial charge is 0.358 e. The van der Waals surface area contributed by atoms with Gasteiger partial charge < -0.3 is 15.2 Å². The Morgan fingerprint density at radius 1 is 1.48 bits per heavy atom. The summed E-state index contributed by atoms with van der Waals surface area (Å²) in [7, 11) is 0. The third kappa shape index (κ3) is 3.82. The summed E-state index contributed by atoms with van der Waals surface area (Å²) in [6.45, 7) is 4.38. The molecule has 1 amide bonds. The fourth-order valence-corrected chi connectivity index (χ4v) is 3.08. The van der Waals surface area contributed by atoms with Gasteiger partial charge >= 0.3 is 0 Å². The van der Waals surface area contributed by atoms with Gasteiger partial charge in [0.05, 0.1) is 17.6 Å². The number of thiazole rings is 1. The lowest BCUT2D eigenvalue weighted by atomic mass is 10.4. The monoisotopic (exact) mass is 347 g/mol. The van der Waals surface area contributed by atoms with Crippen LogP contribution in [0.1, 0.15) is 15.6 Å². The number of hydrogen-bond acceptors (Lipinski definition) is 8. The average Bonchev–Trinajstić information content (AvgIpc) is 3.31. The molecule has 0 unspecified atom stereocenters.